The molecule has 0 saturated heterocycles. The van der Waals surface area contributed by atoms with E-state index in [1.807, 2.05) is 44.2 Å². The third kappa shape index (κ3) is 4.11. The number of nitrogen functional groups attached to an aromatic ring is 1. The molecule has 0 radical (unpaired) electrons. The molecule has 0 saturated carbocycles. The van der Waals surface area contributed by atoms with Gasteiger partial charge in [0, 0.05) is 5.69 Å². The lowest BCUT2D eigenvalue weighted by Crippen LogP contribution is -2.22. The molecule has 3 rings (SSSR count). The van der Waals surface area contributed by atoms with Crippen molar-refractivity contribution in [3.8, 4) is 11.1 Å². The lowest BCUT2D eigenvalue weighted by atomic mass is 9.94. The van der Waals surface area contributed by atoms with Crippen molar-refractivity contribution in [2.75, 3.05) is 11.1 Å². The highest BCUT2D eigenvalue weighted by atomic mass is 15.1. The highest BCUT2D eigenvalue weighted by Crippen LogP contribution is 2.35. The van der Waals surface area contributed by atoms with Crippen LogP contribution in [0.4, 0.5) is 17.1 Å². The molecule has 0 aliphatic rings. The van der Waals surface area contributed by atoms with Gasteiger partial charge < -0.3 is 16.8 Å². The first-order valence-corrected chi connectivity index (χ1v) is 8.99. The van der Waals surface area contributed by atoms with Crippen molar-refractivity contribution in [2.45, 2.75) is 27.7 Å². The molecular weight excluding hydrogens is 332 g/mol. The summed E-state index contributed by atoms with van der Waals surface area (Å²) in [5, 5.41) is 3.11. The summed E-state index contributed by atoms with van der Waals surface area (Å²) in [6, 6.07) is 18.4. The van der Waals surface area contributed by atoms with Crippen molar-refractivity contribution in [3.63, 3.8) is 0 Å². The predicted molar refractivity (Wildman–Crippen MR) is 117 cm³/mol. The van der Waals surface area contributed by atoms with Crippen LogP contribution in [-0.2, 0) is 0 Å². The van der Waals surface area contributed by atoms with Crippen LogP contribution in [-0.4, -0.2) is 5.96 Å². The van der Waals surface area contributed by atoms with Crippen LogP contribution in [0, 0.1) is 27.7 Å². The van der Waals surface area contributed by atoms with Gasteiger partial charge in [-0.2, -0.15) is 0 Å². The Morgan fingerprint density at radius 3 is 2.07 bits per heavy atom. The average molecular weight is 358 g/mol. The minimum atomic E-state index is 0.313. The van der Waals surface area contributed by atoms with Crippen LogP contribution in [0.25, 0.3) is 11.1 Å². The molecule has 0 amide bonds. The van der Waals surface area contributed by atoms with E-state index in [1.54, 1.807) is 0 Å². The summed E-state index contributed by atoms with van der Waals surface area (Å²) in [6.07, 6.45) is 0. The van der Waals surface area contributed by atoms with Crippen molar-refractivity contribution in [1.29, 1.82) is 0 Å². The maximum atomic E-state index is 6.33. The summed E-state index contributed by atoms with van der Waals surface area (Å²) in [4.78, 5) is 4.51. The normalized spacial score (nSPS) is 11.5. The largest absolute Gasteiger partial charge is 0.397 e. The Labute approximate surface area is 160 Å². The van der Waals surface area contributed by atoms with Gasteiger partial charge in [0.15, 0.2) is 5.96 Å². The summed E-state index contributed by atoms with van der Waals surface area (Å²) in [6.45, 7) is 8.28. The number of benzene rings is 3. The number of hydrogen-bond acceptors (Lipinski definition) is 2. The zero-order valence-electron chi connectivity index (χ0n) is 16.3. The monoisotopic (exact) mass is 358 g/mol. The second-order valence-electron chi connectivity index (χ2n) is 6.99. The van der Waals surface area contributed by atoms with Crippen molar-refractivity contribution in [2.24, 2.45) is 10.7 Å². The van der Waals surface area contributed by atoms with E-state index in [9.17, 15) is 0 Å². The van der Waals surface area contributed by atoms with E-state index >= 15 is 0 Å². The maximum absolute atomic E-state index is 6.33. The second kappa shape index (κ2) is 7.54. The maximum Gasteiger partial charge on any atom is 0.198 e. The molecule has 3 aromatic rings. The van der Waals surface area contributed by atoms with Crippen LogP contribution in [0.3, 0.4) is 0 Å². The number of nitrogens with two attached hydrogens (primary N) is 2. The SMILES string of the molecule is Cc1ccc(NC(N)=Nc2c(C)cc(-c3c(C)cccc3C)cc2N)cc1. The molecule has 27 heavy (non-hydrogen) atoms. The van der Waals surface area contributed by atoms with E-state index in [0.29, 0.717) is 17.3 Å². The molecule has 0 atom stereocenters. The molecule has 0 aromatic heterocycles. The number of nitrogens with one attached hydrogen (secondary N) is 1. The van der Waals surface area contributed by atoms with Crippen molar-refractivity contribution < 1.29 is 0 Å². The van der Waals surface area contributed by atoms with E-state index in [0.717, 1.165) is 16.8 Å². The predicted octanol–water partition coefficient (Wildman–Crippen LogP) is 5.23. The van der Waals surface area contributed by atoms with Gasteiger partial charge in [0.05, 0.1) is 11.4 Å². The molecule has 0 spiro atoms. The van der Waals surface area contributed by atoms with Crippen LogP contribution in [0.1, 0.15) is 22.3 Å². The fourth-order valence-corrected chi connectivity index (χ4v) is 3.31. The van der Waals surface area contributed by atoms with Crippen molar-refractivity contribution >= 4 is 23.0 Å². The zero-order valence-corrected chi connectivity index (χ0v) is 16.3. The molecule has 4 nitrogen and oxygen atoms in total. The molecule has 0 unspecified atom stereocenters. The molecule has 3 aromatic carbocycles. The van der Waals surface area contributed by atoms with Gasteiger partial charge in [0.2, 0.25) is 0 Å². The summed E-state index contributed by atoms with van der Waals surface area (Å²) < 4.78 is 0. The molecular formula is C23H26N4. The van der Waals surface area contributed by atoms with Gasteiger partial charge in [-0.25, -0.2) is 4.99 Å². The van der Waals surface area contributed by atoms with E-state index in [1.165, 1.54) is 22.3 Å². The van der Waals surface area contributed by atoms with Gasteiger partial charge in [0.25, 0.3) is 0 Å². The Balaban J connectivity index is 1.94. The minimum absolute atomic E-state index is 0.313. The molecule has 4 heteroatoms. The Bertz CT molecular complexity index is 958. The highest BCUT2D eigenvalue weighted by molar-refractivity contribution is 5.95. The number of guanidine groups is 1. The minimum Gasteiger partial charge on any atom is -0.397 e. The van der Waals surface area contributed by atoms with E-state index in [2.05, 4.69) is 48.4 Å². The number of rotatable bonds is 3. The van der Waals surface area contributed by atoms with Crippen LogP contribution >= 0.6 is 0 Å². The third-order valence-electron chi connectivity index (χ3n) is 4.66. The topological polar surface area (TPSA) is 76.4 Å². The first kappa shape index (κ1) is 18.5. The van der Waals surface area contributed by atoms with Crippen LogP contribution in [0.15, 0.2) is 59.6 Å². The molecule has 0 aliphatic heterocycles. The first-order chi connectivity index (χ1) is 12.8. The molecule has 0 fully saturated rings. The quantitative estimate of drug-likeness (QED) is 0.341. The average Bonchev–Trinajstić information content (AvgIpc) is 2.60. The number of anilines is 2. The van der Waals surface area contributed by atoms with Gasteiger partial charge in [-0.1, -0.05) is 35.9 Å². The Morgan fingerprint density at radius 2 is 1.48 bits per heavy atom. The van der Waals surface area contributed by atoms with Crippen LogP contribution in [0.2, 0.25) is 0 Å². The summed E-state index contributed by atoms with van der Waals surface area (Å²) in [5.41, 5.74) is 21.6. The van der Waals surface area contributed by atoms with E-state index < -0.39 is 0 Å². The summed E-state index contributed by atoms with van der Waals surface area (Å²) >= 11 is 0. The highest BCUT2D eigenvalue weighted by Gasteiger charge is 2.11. The fraction of sp³-hybridized carbons (Fsp3) is 0.174. The van der Waals surface area contributed by atoms with Gasteiger partial charge >= 0.3 is 0 Å². The van der Waals surface area contributed by atoms with Crippen LogP contribution < -0.4 is 16.8 Å². The lowest BCUT2D eigenvalue weighted by Gasteiger charge is -2.14. The smallest absolute Gasteiger partial charge is 0.198 e. The Hall–Kier alpha value is -3.27. The fourth-order valence-electron chi connectivity index (χ4n) is 3.31. The standard InChI is InChI=1S/C23H26N4/c1-14-8-10-19(11-9-14)26-23(25)27-22-17(4)12-18(13-20(22)24)21-15(2)6-5-7-16(21)3/h5-13H,24H2,1-4H3,(H3,25,26,27). The van der Waals surface area contributed by atoms with Crippen LogP contribution in [0.5, 0.6) is 0 Å². The van der Waals surface area contributed by atoms with Gasteiger partial charge in [-0.05, 0) is 79.8 Å². The molecule has 5 N–H and O–H groups in total. The molecule has 0 aliphatic carbocycles. The number of aryl methyl sites for hydroxylation is 4. The Kier molecular flexibility index (Phi) is 5.17. The molecule has 0 bridgehead atoms. The lowest BCUT2D eigenvalue weighted by molar-refractivity contribution is 1.34. The van der Waals surface area contributed by atoms with Gasteiger partial charge in [0.1, 0.15) is 0 Å². The van der Waals surface area contributed by atoms with Gasteiger partial charge in [-0.15, -0.1) is 0 Å². The number of aliphatic imine (C=N–C) groups is 1. The molecule has 138 valence electrons. The number of hydrogen-bond donors (Lipinski definition) is 3. The summed E-state index contributed by atoms with van der Waals surface area (Å²) in [5.74, 6) is 0.313. The van der Waals surface area contributed by atoms with E-state index in [4.69, 9.17) is 11.5 Å². The Morgan fingerprint density at radius 1 is 0.852 bits per heavy atom. The third-order valence-corrected chi connectivity index (χ3v) is 4.66. The van der Waals surface area contributed by atoms with Crippen molar-refractivity contribution in [3.05, 3.63) is 76.9 Å². The van der Waals surface area contributed by atoms with Crippen molar-refractivity contribution in [1.82, 2.24) is 0 Å². The first-order valence-electron chi connectivity index (χ1n) is 8.99. The second-order valence-corrected chi connectivity index (χ2v) is 6.99. The van der Waals surface area contributed by atoms with Gasteiger partial charge in [-0.3, -0.25) is 0 Å². The number of nitrogens with zero attached hydrogens (tertiary/aromatic N) is 1. The summed E-state index contributed by atoms with van der Waals surface area (Å²) in [7, 11) is 0. The molecule has 0 heterocycles. The van der Waals surface area contributed by atoms with E-state index in [-0.39, 0.29) is 0 Å². The zero-order chi connectivity index (χ0) is 19.6.